The second-order valence-electron chi connectivity index (χ2n) is 5.72. The van der Waals surface area contributed by atoms with Crippen molar-refractivity contribution in [1.82, 2.24) is 4.90 Å². The second-order valence-corrected chi connectivity index (χ2v) is 6.56. The first kappa shape index (κ1) is 18.6. The van der Waals surface area contributed by atoms with Crippen LogP contribution in [0.3, 0.4) is 0 Å². The number of esters is 1. The van der Waals surface area contributed by atoms with Crippen LogP contribution in [-0.2, 0) is 4.74 Å². The van der Waals surface area contributed by atoms with E-state index < -0.39 is 5.97 Å². The van der Waals surface area contributed by atoms with Gasteiger partial charge in [-0.05, 0) is 50.3 Å². The smallest absolute Gasteiger partial charge is 0.340 e. The first-order valence-corrected chi connectivity index (χ1v) is 8.31. The fourth-order valence-corrected chi connectivity index (χ4v) is 2.78. The van der Waals surface area contributed by atoms with Gasteiger partial charge < -0.3 is 15.4 Å². The van der Waals surface area contributed by atoms with Crippen LogP contribution < -0.4 is 5.73 Å². The fraction of sp³-hybridized carbons (Fsp3) is 0.278. The number of anilines is 1. The first-order chi connectivity index (χ1) is 11.4. The summed E-state index contributed by atoms with van der Waals surface area (Å²) in [5.74, 6) is -0.417. The highest BCUT2D eigenvalue weighted by Gasteiger charge is 2.13. The van der Waals surface area contributed by atoms with Crippen molar-refractivity contribution in [2.24, 2.45) is 0 Å². The number of carbonyl (C=O) groups is 1. The van der Waals surface area contributed by atoms with Gasteiger partial charge in [-0.25, -0.2) is 4.79 Å². The number of hydrogen-bond acceptors (Lipinski definition) is 4. The zero-order valence-corrected chi connectivity index (χ0v) is 15.2. The third kappa shape index (κ3) is 4.87. The first-order valence-electron chi connectivity index (χ1n) is 7.55. The summed E-state index contributed by atoms with van der Waals surface area (Å²) >= 11 is 12.1. The van der Waals surface area contributed by atoms with Crippen molar-refractivity contribution in [3.05, 3.63) is 52.0 Å². The van der Waals surface area contributed by atoms with Gasteiger partial charge in [0.1, 0.15) is 0 Å². The van der Waals surface area contributed by atoms with E-state index in [4.69, 9.17) is 33.7 Å². The molecule has 2 rings (SSSR count). The Balaban J connectivity index is 2.10. The highest BCUT2D eigenvalue weighted by atomic mass is 35.5. The summed E-state index contributed by atoms with van der Waals surface area (Å²) in [4.78, 5) is 14.1. The van der Waals surface area contributed by atoms with E-state index in [1.807, 2.05) is 25.1 Å². The molecule has 0 amide bonds. The summed E-state index contributed by atoms with van der Waals surface area (Å²) in [7, 11) is 3.95. The number of rotatable bonds is 6. The Hall–Kier alpha value is -1.75. The fourth-order valence-electron chi connectivity index (χ4n) is 2.26. The van der Waals surface area contributed by atoms with Gasteiger partial charge in [-0.15, -0.1) is 0 Å². The summed E-state index contributed by atoms with van der Waals surface area (Å²) in [6.45, 7) is 1.22. The molecule has 0 spiro atoms. The summed E-state index contributed by atoms with van der Waals surface area (Å²) in [6, 6.07) is 10.4. The van der Waals surface area contributed by atoms with Gasteiger partial charge >= 0.3 is 5.97 Å². The van der Waals surface area contributed by atoms with Crippen LogP contribution in [0.5, 0.6) is 0 Å². The van der Waals surface area contributed by atoms with Crippen LogP contribution in [-0.4, -0.2) is 38.1 Å². The number of halogens is 2. The summed E-state index contributed by atoms with van der Waals surface area (Å²) < 4.78 is 5.26. The topological polar surface area (TPSA) is 55.6 Å². The molecular formula is C18H20Cl2N2O2. The van der Waals surface area contributed by atoms with E-state index >= 15 is 0 Å². The zero-order valence-electron chi connectivity index (χ0n) is 13.7. The van der Waals surface area contributed by atoms with Crippen LogP contribution >= 0.6 is 23.2 Å². The molecule has 0 bridgehead atoms. The van der Waals surface area contributed by atoms with E-state index in [9.17, 15) is 4.79 Å². The highest BCUT2D eigenvalue weighted by Crippen LogP contribution is 2.32. The Bertz CT molecular complexity index is 733. The van der Waals surface area contributed by atoms with Gasteiger partial charge in [-0.1, -0.05) is 35.3 Å². The molecule has 24 heavy (non-hydrogen) atoms. The van der Waals surface area contributed by atoms with E-state index in [0.29, 0.717) is 27.9 Å². The molecular weight excluding hydrogens is 347 g/mol. The molecule has 0 unspecified atom stereocenters. The average Bonchev–Trinajstić information content (AvgIpc) is 2.51. The molecule has 0 radical (unpaired) electrons. The molecule has 2 aromatic rings. The minimum atomic E-state index is -0.417. The summed E-state index contributed by atoms with van der Waals surface area (Å²) in [5.41, 5.74) is 8.35. The van der Waals surface area contributed by atoms with Crippen LogP contribution in [0.1, 0.15) is 16.8 Å². The van der Waals surface area contributed by atoms with Crippen molar-refractivity contribution in [2.75, 3.05) is 33.0 Å². The molecule has 128 valence electrons. The predicted octanol–water partition coefficient (Wildman–Crippen LogP) is 4.35. The van der Waals surface area contributed by atoms with Crippen molar-refractivity contribution < 1.29 is 9.53 Å². The van der Waals surface area contributed by atoms with Gasteiger partial charge in [0, 0.05) is 27.8 Å². The Morgan fingerprint density at radius 3 is 2.54 bits per heavy atom. The minimum Gasteiger partial charge on any atom is -0.462 e. The molecule has 2 aromatic carbocycles. The van der Waals surface area contributed by atoms with Crippen molar-refractivity contribution in [1.29, 1.82) is 0 Å². The molecule has 4 nitrogen and oxygen atoms in total. The number of benzene rings is 2. The lowest BCUT2D eigenvalue weighted by Crippen LogP contribution is -2.16. The largest absolute Gasteiger partial charge is 0.462 e. The van der Waals surface area contributed by atoms with E-state index in [-0.39, 0.29) is 0 Å². The molecule has 0 saturated heterocycles. The van der Waals surface area contributed by atoms with Crippen molar-refractivity contribution in [3.8, 4) is 11.1 Å². The Kier molecular flexibility index (Phi) is 6.49. The lowest BCUT2D eigenvalue weighted by atomic mass is 10.0. The maximum Gasteiger partial charge on any atom is 0.340 e. The van der Waals surface area contributed by atoms with Gasteiger partial charge in [0.2, 0.25) is 0 Å². The lowest BCUT2D eigenvalue weighted by Gasteiger charge is -2.11. The van der Waals surface area contributed by atoms with E-state index in [1.54, 1.807) is 30.3 Å². The van der Waals surface area contributed by atoms with Crippen LogP contribution in [0.4, 0.5) is 5.69 Å². The van der Waals surface area contributed by atoms with Gasteiger partial charge in [0.05, 0.1) is 12.2 Å². The normalized spacial score (nSPS) is 10.9. The van der Waals surface area contributed by atoms with E-state index in [2.05, 4.69) is 0 Å². The number of hydrogen-bond donors (Lipinski definition) is 1. The summed E-state index contributed by atoms with van der Waals surface area (Å²) in [6.07, 6.45) is 0.775. The Morgan fingerprint density at radius 1 is 1.17 bits per heavy atom. The molecule has 0 aliphatic carbocycles. The SMILES string of the molecule is CN(C)CCCOC(=O)c1ccc(-c2ccc(Cl)cc2Cl)cc1N. The van der Waals surface area contributed by atoms with Crippen LogP contribution in [0, 0.1) is 0 Å². The number of nitrogens with zero attached hydrogens (tertiary/aromatic N) is 1. The zero-order chi connectivity index (χ0) is 17.7. The van der Waals surface area contributed by atoms with E-state index in [0.717, 1.165) is 24.1 Å². The molecule has 0 aliphatic heterocycles. The van der Waals surface area contributed by atoms with Gasteiger partial charge in [0.25, 0.3) is 0 Å². The quantitative estimate of drug-likeness (QED) is 0.469. The van der Waals surface area contributed by atoms with Crippen molar-refractivity contribution in [3.63, 3.8) is 0 Å². The van der Waals surface area contributed by atoms with Crippen molar-refractivity contribution in [2.45, 2.75) is 6.42 Å². The molecule has 0 fully saturated rings. The molecule has 0 aliphatic rings. The molecule has 0 saturated carbocycles. The molecule has 0 aromatic heterocycles. The summed E-state index contributed by atoms with van der Waals surface area (Å²) in [5, 5.41) is 1.09. The Morgan fingerprint density at radius 2 is 1.92 bits per heavy atom. The number of nitrogens with two attached hydrogens (primary N) is 1. The second kappa shape index (κ2) is 8.38. The molecule has 6 heteroatoms. The monoisotopic (exact) mass is 366 g/mol. The molecule has 0 atom stereocenters. The standard InChI is InChI=1S/C18H20Cl2N2O2/c1-22(2)8-3-9-24-18(23)15-6-4-12(10-17(15)21)14-7-5-13(19)11-16(14)20/h4-7,10-11H,3,8-9,21H2,1-2H3. The van der Waals surface area contributed by atoms with Crippen LogP contribution in [0.25, 0.3) is 11.1 Å². The van der Waals surface area contributed by atoms with Gasteiger partial charge in [-0.3, -0.25) is 0 Å². The predicted molar refractivity (Wildman–Crippen MR) is 99.8 cm³/mol. The van der Waals surface area contributed by atoms with E-state index in [1.165, 1.54) is 0 Å². The third-order valence-electron chi connectivity index (χ3n) is 3.50. The highest BCUT2D eigenvalue weighted by molar-refractivity contribution is 6.36. The average molecular weight is 367 g/mol. The lowest BCUT2D eigenvalue weighted by molar-refractivity contribution is 0.0494. The molecule has 2 N–H and O–H groups in total. The number of ether oxygens (including phenoxy) is 1. The van der Waals surface area contributed by atoms with Crippen LogP contribution in [0.15, 0.2) is 36.4 Å². The number of nitrogen functional groups attached to an aromatic ring is 1. The van der Waals surface area contributed by atoms with Crippen molar-refractivity contribution >= 4 is 34.9 Å². The van der Waals surface area contributed by atoms with Gasteiger partial charge in [-0.2, -0.15) is 0 Å². The maximum absolute atomic E-state index is 12.1. The van der Waals surface area contributed by atoms with Crippen LogP contribution in [0.2, 0.25) is 10.0 Å². The Labute approximate surface area is 152 Å². The maximum atomic E-state index is 12.1. The molecule has 0 heterocycles. The third-order valence-corrected chi connectivity index (χ3v) is 4.04. The minimum absolute atomic E-state index is 0.355. The number of carbonyl (C=O) groups excluding carboxylic acids is 1. The van der Waals surface area contributed by atoms with Gasteiger partial charge in [0.15, 0.2) is 0 Å².